The fourth-order valence-corrected chi connectivity index (χ4v) is 2.97. The first-order valence-electron chi connectivity index (χ1n) is 7.93. The Hall–Kier alpha value is -3.33. The molecule has 0 spiro atoms. The summed E-state index contributed by atoms with van der Waals surface area (Å²) in [6.45, 7) is -0.193. The molecule has 0 fully saturated rings. The molecule has 0 bridgehead atoms. The highest BCUT2D eigenvalue weighted by atomic mass is 32.2. The Morgan fingerprint density at radius 3 is 2.52 bits per heavy atom. The molecule has 1 N–H and O–H groups in total. The quantitative estimate of drug-likeness (QED) is 0.494. The summed E-state index contributed by atoms with van der Waals surface area (Å²) >= 11 is 1.53. The molecule has 0 aliphatic carbocycles. The molecule has 0 saturated heterocycles. The zero-order valence-corrected chi connectivity index (χ0v) is 15.2. The van der Waals surface area contributed by atoms with Crippen LogP contribution in [-0.4, -0.2) is 27.0 Å². The number of amides is 1. The van der Waals surface area contributed by atoms with Gasteiger partial charge in [0.05, 0.1) is 4.92 Å². The lowest BCUT2D eigenvalue weighted by Crippen LogP contribution is -2.20. The Labute approximate surface area is 159 Å². The van der Waals surface area contributed by atoms with E-state index in [1.165, 1.54) is 36.0 Å². The molecule has 3 rings (SSSR count). The maximum atomic E-state index is 12.0. The summed E-state index contributed by atoms with van der Waals surface area (Å²) in [5, 5.41) is 14.2. The predicted molar refractivity (Wildman–Crippen MR) is 101 cm³/mol. The third-order valence-corrected chi connectivity index (χ3v) is 4.63. The van der Waals surface area contributed by atoms with Gasteiger partial charge < -0.3 is 14.6 Å². The van der Waals surface area contributed by atoms with Crippen LogP contribution >= 0.6 is 11.8 Å². The number of carbonyl (C=O) groups is 1. The molecule has 138 valence electrons. The van der Waals surface area contributed by atoms with Crippen molar-refractivity contribution in [3.8, 4) is 5.75 Å². The van der Waals surface area contributed by atoms with Crippen molar-refractivity contribution in [2.45, 2.75) is 10.1 Å². The molecule has 1 amide bonds. The van der Waals surface area contributed by atoms with Gasteiger partial charge in [0, 0.05) is 42.2 Å². The summed E-state index contributed by atoms with van der Waals surface area (Å²) in [5.41, 5.74) is 0.617. The van der Waals surface area contributed by atoms with Crippen molar-refractivity contribution in [3.05, 3.63) is 71.0 Å². The number of carbonyl (C=O) groups excluding carboxylic acids is 1. The van der Waals surface area contributed by atoms with E-state index in [9.17, 15) is 14.9 Å². The molecule has 0 aliphatic heterocycles. The fourth-order valence-electron chi connectivity index (χ4n) is 2.17. The average Bonchev–Trinajstić information content (AvgIpc) is 3.06. The van der Waals surface area contributed by atoms with Crippen molar-refractivity contribution in [2.75, 3.05) is 11.9 Å². The monoisotopic (exact) mass is 384 g/mol. The van der Waals surface area contributed by atoms with E-state index in [-0.39, 0.29) is 18.2 Å². The molecule has 0 unspecified atom stereocenters. The highest BCUT2D eigenvalue weighted by Crippen LogP contribution is 2.26. The van der Waals surface area contributed by atoms with Crippen molar-refractivity contribution < 1.29 is 14.5 Å². The molecule has 0 atom stereocenters. The highest BCUT2D eigenvalue weighted by Gasteiger charge is 2.08. The number of benzene rings is 2. The van der Waals surface area contributed by atoms with Crippen LogP contribution in [0.25, 0.3) is 0 Å². The minimum atomic E-state index is -0.494. The van der Waals surface area contributed by atoms with Crippen molar-refractivity contribution in [3.63, 3.8) is 0 Å². The van der Waals surface area contributed by atoms with E-state index in [2.05, 4.69) is 10.3 Å². The van der Waals surface area contributed by atoms with Crippen LogP contribution in [0.15, 0.2) is 71.0 Å². The minimum absolute atomic E-state index is 0.0321. The van der Waals surface area contributed by atoms with Crippen molar-refractivity contribution >= 4 is 29.0 Å². The Balaban J connectivity index is 1.50. The molecule has 0 saturated carbocycles. The number of nitrogens with zero attached hydrogens (tertiary/aromatic N) is 3. The van der Waals surface area contributed by atoms with Gasteiger partial charge in [0.15, 0.2) is 11.8 Å². The predicted octanol–water partition coefficient (Wildman–Crippen LogP) is 3.50. The molecule has 0 aliphatic rings. The maximum absolute atomic E-state index is 12.0. The topological polar surface area (TPSA) is 99.3 Å². The fraction of sp³-hybridized carbons (Fsp3) is 0.111. The number of aromatic nitrogens is 2. The van der Waals surface area contributed by atoms with Crippen LogP contribution in [-0.2, 0) is 11.8 Å². The van der Waals surface area contributed by atoms with Gasteiger partial charge in [-0.1, -0.05) is 11.8 Å². The number of ether oxygens (including phenoxy) is 1. The second-order valence-corrected chi connectivity index (χ2v) is 6.58. The first-order chi connectivity index (χ1) is 13.0. The van der Waals surface area contributed by atoms with Gasteiger partial charge in [-0.05, 0) is 36.4 Å². The number of nitrogens with one attached hydrogen (secondary N) is 1. The lowest BCUT2D eigenvalue weighted by molar-refractivity contribution is -0.384. The Kier molecular flexibility index (Phi) is 5.72. The molecule has 2 aromatic carbocycles. The van der Waals surface area contributed by atoms with E-state index in [1.54, 1.807) is 18.3 Å². The van der Waals surface area contributed by atoms with Gasteiger partial charge in [-0.2, -0.15) is 0 Å². The molecule has 1 heterocycles. The van der Waals surface area contributed by atoms with Crippen molar-refractivity contribution in [1.29, 1.82) is 0 Å². The van der Waals surface area contributed by atoms with Gasteiger partial charge in [-0.25, -0.2) is 4.98 Å². The van der Waals surface area contributed by atoms with Gasteiger partial charge in [-0.15, -0.1) is 0 Å². The van der Waals surface area contributed by atoms with Crippen LogP contribution in [0.2, 0.25) is 0 Å². The Bertz CT molecular complexity index is 939. The third kappa shape index (κ3) is 5.08. The molecule has 1 aromatic heterocycles. The molecule has 9 heteroatoms. The summed E-state index contributed by atoms with van der Waals surface area (Å²) in [6, 6.07) is 12.9. The largest absolute Gasteiger partial charge is 0.484 e. The van der Waals surface area contributed by atoms with Gasteiger partial charge in [0.25, 0.3) is 11.6 Å². The number of nitro benzene ring substituents is 1. The molecule has 3 aromatic rings. The van der Waals surface area contributed by atoms with Crippen LogP contribution in [0.3, 0.4) is 0 Å². The number of hydrogen-bond acceptors (Lipinski definition) is 6. The van der Waals surface area contributed by atoms with Gasteiger partial charge in [-0.3, -0.25) is 14.9 Å². The molecular weight excluding hydrogens is 368 g/mol. The first-order valence-corrected chi connectivity index (χ1v) is 8.75. The minimum Gasteiger partial charge on any atom is -0.484 e. The second kappa shape index (κ2) is 8.37. The summed E-state index contributed by atoms with van der Waals surface area (Å²) in [5.74, 6) is 0.0652. The van der Waals surface area contributed by atoms with Crippen LogP contribution in [0, 0.1) is 10.1 Å². The second-order valence-electron chi connectivity index (χ2n) is 5.54. The zero-order chi connectivity index (χ0) is 19.2. The maximum Gasteiger partial charge on any atom is 0.269 e. The van der Waals surface area contributed by atoms with E-state index < -0.39 is 4.92 Å². The number of imidazole rings is 1. The lowest BCUT2D eigenvalue weighted by Gasteiger charge is -2.08. The molecular formula is C18H16N4O4S. The van der Waals surface area contributed by atoms with Crippen molar-refractivity contribution in [2.24, 2.45) is 7.05 Å². The summed E-state index contributed by atoms with van der Waals surface area (Å²) in [4.78, 5) is 27.4. The van der Waals surface area contributed by atoms with Crippen LogP contribution in [0.1, 0.15) is 0 Å². The summed E-state index contributed by atoms with van der Waals surface area (Å²) < 4.78 is 7.26. The van der Waals surface area contributed by atoms with E-state index in [0.29, 0.717) is 11.4 Å². The SMILES string of the molecule is Cn1ccnc1Sc1ccc(NC(=O)COc2ccc([N+](=O)[O-])cc2)cc1. The van der Waals surface area contributed by atoms with Gasteiger partial charge >= 0.3 is 0 Å². The van der Waals surface area contributed by atoms with Crippen molar-refractivity contribution in [1.82, 2.24) is 9.55 Å². The molecule has 8 nitrogen and oxygen atoms in total. The van der Waals surface area contributed by atoms with Crippen LogP contribution < -0.4 is 10.1 Å². The lowest BCUT2D eigenvalue weighted by atomic mass is 10.3. The van der Waals surface area contributed by atoms with E-state index in [4.69, 9.17) is 4.74 Å². The average molecular weight is 384 g/mol. The summed E-state index contributed by atoms with van der Waals surface area (Å²) in [7, 11) is 1.93. The molecule has 27 heavy (non-hydrogen) atoms. The number of non-ortho nitro benzene ring substituents is 1. The van der Waals surface area contributed by atoms with E-state index >= 15 is 0 Å². The smallest absolute Gasteiger partial charge is 0.269 e. The number of rotatable bonds is 7. The summed E-state index contributed by atoms with van der Waals surface area (Å²) in [6.07, 6.45) is 3.61. The van der Waals surface area contributed by atoms with Gasteiger partial charge in [0.1, 0.15) is 5.75 Å². The normalized spacial score (nSPS) is 10.4. The number of anilines is 1. The molecule has 0 radical (unpaired) electrons. The standard InChI is InChI=1S/C18H16N4O4S/c1-21-11-10-19-18(21)27-16-8-2-13(3-9-16)20-17(23)12-26-15-6-4-14(5-7-15)22(24)25/h2-11H,12H2,1H3,(H,20,23). The third-order valence-electron chi connectivity index (χ3n) is 3.54. The Morgan fingerprint density at radius 2 is 1.93 bits per heavy atom. The number of aryl methyl sites for hydroxylation is 1. The zero-order valence-electron chi connectivity index (χ0n) is 14.4. The highest BCUT2D eigenvalue weighted by molar-refractivity contribution is 7.99. The van der Waals surface area contributed by atoms with E-state index in [1.807, 2.05) is 29.9 Å². The van der Waals surface area contributed by atoms with Crippen LogP contribution in [0.4, 0.5) is 11.4 Å². The van der Waals surface area contributed by atoms with Gasteiger partial charge in [0.2, 0.25) is 0 Å². The first kappa shape index (κ1) is 18.5. The van der Waals surface area contributed by atoms with E-state index in [0.717, 1.165) is 10.1 Å². The van der Waals surface area contributed by atoms with Crippen LogP contribution in [0.5, 0.6) is 5.75 Å². The number of nitro groups is 1. The number of hydrogen-bond donors (Lipinski definition) is 1. The Morgan fingerprint density at radius 1 is 1.22 bits per heavy atom.